The number of hydrogen-bond acceptors (Lipinski definition) is 3. The second-order valence-corrected chi connectivity index (χ2v) is 6.30. The molecule has 1 amide bonds. The van der Waals surface area contributed by atoms with Crippen molar-refractivity contribution >= 4 is 18.3 Å². The summed E-state index contributed by atoms with van der Waals surface area (Å²) in [7, 11) is 0. The number of rotatable bonds is 4. The van der Waals surface area contributed by atoms with Crippen LogP contribution in [0.25, 0.3) is 5.69 Å². The maximum atomic E-state index is 13.1. The molecule has 25 heavy (non-hydrogen) atoms. The zero-order valence-corrected chi connectivity index (χ0v) is 15.3. The van der Waals surface area contributed by atoms with Crippen molar-refractivity contribution in [3.63, 3.8) is 0 Å². The van der Waals surface area contributed by atoms with E-state index in [1.165, 1.54) is 12.1 Å². The Kier molecular flexibility index (Phi) is 6.56. The smallest absolute Gasteiger partial charge is 0.255 e. The Balaban J connectivity index is 0.00000225. The van der Waals surface area contributed by atoms with Crippen LogP contribution in [0.1, 0.15) is 36.3 Å². The van der Waals surface area contributed by atoms with E-state index in [2.05, 4.69) is 22.7 Å². The van der Waals surface area contributed by atoms with Gasteiger partial charge in [0, 0.05) is 6.04 Å². The summed E-state index contributed by atoms with van der Waals surface area (Å²) in [6, 6.07) is 6.30. The number of carbonyl (C=O) groups is 1. The lowest BCUT2D eigenvalue weighted by Gasteiger charge is -2.30. The Bertz CT molecular complexity index is 716. The Hall–Kier alpha value is -1.92. The summed E-state index contributed by atoms with van der Waals surface area (Å²) >= 11 is 0. The molecule has 0 spiro atoms. The molecule has 1 aromatic heterocycles. The standard InChI is InChI=1S/C18H23FN4O.ClH/c1-3-17-15(18(24)22-16-8-9-20-10-12(16)2)11-21-23(17)14-6-4-13(19)5-7-14;/h4-7,11-12,16,20H,3,8-10H2,1-2H3,(H,22,24);1H. The monoisotopic (exact) mass is 366 g/mol. The molecule has 2 aromatic rings. The molecule has 0 bridgehead atoms. The summed E-state index contributed by atoms with van der Waals surface area (Å²) in [5.41, 5.74) is 2.18. The van der Waals surface area contributed by atoms with Gasteiger partial charge in [-0.05, 0) is 56.1 Å². The third-order valence-corrected chi connectivity index (χ3v) is 4.62. The van der Waals surface area contributed by atoms with E-state index in [-0.39, 0.29) is 30.2 Å². The first kappa shape index (κ1) is 19.4. The lowest BCUT2D eigenvalue weighted by atomic mass is 9.95. The van der Waals surface area contributed by atoms with Crippen molar-refractivity contribution in [2.45, 2.75) is 32.7 Å². The Morgan fingerprint density at radius 3 is 2.76 bits per heavy atom. The fraction of sp³-hybridized carbons (Fsp3) is 0.444. The van der Waals surface area contributed by atoms with Crippen LogP contribution in [-0.2, 0) is 6.42 Å². The van der Waals surface area contributed by atoms with Crippen LogP contribution in [0.15, 0.2) is 30.5 Å². The number of halogens is 2. The van der Waals surface area contributed by atoms with Gasteiger partial charge >= 0.3 is 0 Å². The zero-order chi connectivity index (χ0) is 17.1. The molecule has 136 valence electrons. The molecule has 0 saturated carbocycles. The third kappa shape index (κ3) is 4.19. The number of nitrogens with one attached hydrogen (secondary N) is 2. The number of benzene rings is 1. The molecule has 1 aliphatic heterocycles. The summed E-state index contributed by atoms with van der Waals surface area (Å²) in [5, 5.41) is 10.8. The van der Waals surface area contributed by atoms with Gasteiger partial charge in [0.15, 0.2) is 0 Å². The molecule has 2 heterocycles. The average Bonchev–Trinajstić information content (AvgIpc) is 3.01. The lowest BCUT2D eigenvalue weighted by Crippen LogP contribution is -2.48. The molecule has 5 nitrogen and oxygen atoms in total. The fourth-order valence-electron chi connectivity index (χ4n) is 3.18. The first-order chi connectivity index (χ1) is 11.6. The van der Waals surface area contributed by atoms with Gasteiger partial charge in [0.1, 0.15) is 5.82 Å². The van der Waals surface area contributed by atoms with E-state index in [1.54, 1.807) is 23.0 Å². The molecule has 1 saturated heterocycles. The number of nitrogens with zero attached hydrogens (tertiary/aromatic N) is 2. The summed E-state index contributed by atoms with van der Waals surface area (Å²) in [5.74, 6) is 0.0284. The summed E-state index contributed by atoms with van der Waals surface area (Å²) < 4.78 is 14.8. The predicted molar refractivity (Wildman–Crippen MR) is 98.1 cm³/mol. The fourth-order valence-corrected chi connectivity index (χ4v) is 3.18. The van der Waals surface area contributed by atoms with Crippen molar-refractivity contribution in [3.05, 3.63) is 47.5 Å². The van der Waals surface area contributed by atoms with E-state index in [0.29, 0.717) is 17.9 Å². The SMILES string of the molecule is CCc1c(C(=O)NC2CCNCC2C)cnn1-c1ccc(F)cc1.Cl. The van der Waals surface area contributed by atoms with E-state index in [0.717, 1.165) is 30.9 Å². The highest BCUT2D eigenvalue weighted by Crippen LogP contribution is 2.18. The van der Waals surface area contributed by atoms with E-state index in [4.69, 9.17) is 0 Å². The molecule has 2 atom stereocenters. The average molecular weight is 367 g/mol. The zero-order valence-electron chi connectivity index (χ0n) is 14.5. The van der Waals surface area contributed by atoms with Crippen molar-refractivity contribution in [3.8, 4) is 5.69 Å². The number of amides is 1. The van der Waals surface area contributed by atoms with Crippen LogP contribution >= 0.6 is 12.4 Å². The van der Waals surface area contributed by atoms with Gasteiger partial charge in [-0.15, -0.1) is 12.4 Å². The minimum Gasteiger partial charge on any atom is -0.349 e. The predicted octanol–water partition coefficient (Wildman–Crippen LogP) is 2.72. The van der Waals surface area contributed by atoms with Crippen LogP contribution in [0.3, 0.4) is 0 Å². The first-order valence-corrected chi connectivity index (χ1v) is 8.44. The first-order valence-electron chi connectivity index (χ1n) is 8.44. The van der Waals surface area contributed by atoms with Crippen molar-refractivity contribution < 1.29 is 9.18 Å². The van der Waals surface area contributed by atoms with Crippen LogP contribution < -0.4 is 10.6 Å². The summed E-state index contributed by atoms with van der Waals surface area (Å²) in [6.45, 7) is 5.96. The molecule has 3 rings (SSSR count). The molecule has 1 fully saturated rings. The Morgan fingerprint density at radius 2 is 2.12 bits per heavy atom. The van der Waals surface area contributed by atoms with Gasteiger partial charge in [-0.1, -0.05) is 13.8 Å². The minimum atomic E-state index is -0.290. The van der Waals surface area contributed by atoms with Crippen molar-refractivity contribution in [1.82, 2.24) is 20.4 Å². The molecule has 2 unspecified atom stereocenters. The number of carbonyl (C=O) groups excluding carboxylic acids is 1. The highest BCUT2D eigenvalue weighted by molar-refractivity contribution is 5.95. The maximum Gasteiger partial charge on any atom is 0.255 e. The highest BCUT2D eigenvalue weighted by Gasteiger charge is 2.25. The van der Waals surface area contributed by atoms with Gasteiger partial charge in [0.25, 0.3) is 5.91 Å². The summed E-state index contributed by atoms with van der Waals surface area (Å²) in [4.78, 5) is 12.7. The summed E-state index contributed by atoms with van der Waals surface area (Å²) in [6.07, 6.45) is 3.20. The molecule has 0 aliphatic carbocycles. The van der Waals surface area contributed by atoms with Crippen molar-refractivity contribution in [1.29, 1.82) is 0 Å². The number of hydrogen-bond donors (Lipinski definition) is 2. The van der Waals surface area contributed by atoms with Crippen LogP contribution in [0.2, 0.25) is 0 Å². The van der Waals surface area contributed by atoms with Crippen LogP contribution in [0.4, 0.5) is 4.39 Å². The molecule has 7 heteroatoms. The molecule has 1 aromatic carbocycles. The topological polar surface area (TPSA) is 59.0 Å². The Morgan fingerprint density at radius 1 is 1.40 bits per heavy atom. The van der Waals surface area contributed by atoms with Gasteiger partial charge in [-0.25, -0.2) is 9.07 Å². The highest BCUT2D eigenvalue weighted by atomic mass is 35.5. The quantitative estimate of drug-likeness (QED) is 0.874. The van der Waals surface area contributed by atoms with E-state index in [9.17, 15) is 9.18 Å². The largest absolute Gasteiger partial charge is 0.349 e. The normalized spacial score (nSPS) is 20.0. The molecular formula is C18H24ClFN4O. The third-order valence-electron chi connectivity index (χ3n) is 4.62. The maximum absolute atomic E-state index is 13.1. The van der Waals surface area contributed by atoms with Crippen LogP contribution in [0, 0.1) is 11.7 Å². The van der Waals surface area contributed by atoms with Gasteiger partial charge in [-0.2, -0.15) is 5.10 Å². The van der Waals surface area contributed by atoms with E-state index < -0.39 is 0 Å². The van der Waals surface area contributed by atoms with E-state index >= 15 is 0 Å². The number of piperidine rings is 1. The van der Waals surface area contributed by atoms with Crippen LogP contribution in [-0.4, -0.2) is 34.8 Å². The second kappa shape index (κ2) is 8.45. The van der Waals surface area contributed by atoms with Crippen molar-refractivity contribution in [2.75, 3.05) is 13.1 Å². The van der Waals surface area contributed by atoms with Crippen molar-refractivity contribution in [2.24, 2.45) is 5.92 Å². The molecule has 1 aliphatic rings. The number of aromatic nitrogens is 2. The van der Waals surface area contributed by atoms with Gasteiger partial charge < -0.3 is 10.6 Å². The van der Waals surface area contributed by atoms with Crippen LogP contribution in [0.5, 0.6) is 0 Å². The minimum absolute atomic E-state index is 0. The van der Waals surface area contributed by atoms with Gasteiger partial charge in [0.2, 0.25) is 0 Å². The molecular weight excluding hydrogens is 343 g/mol. The lowest BCUT2D eigenvalue weighted by molar-refractivity contribution is 0.0913. The van der Waals surface area contributed by atoms with Gasteiger partial charge in [0.05, 0.1) is 23.1 Å². The second-order valence-electron chi connectivity index (χ2n) is 6.30. The molecule has 2 N–H and O–H groups in total. The van der Waals surface area contributed by atoms with E-state index in [1.807, 2.05) is 6.92 Å². The molecule has 0 radical (unpaired) electrons. The Labute approximate surface area is 153 Å². The van der Waals surface area contributed by atoms with Gasteiger partial charge in [-0.3, -0.25) is 4.79 Å².